The van der Waals surface area contributed by atoms with Gasteiger partial charge >= 0.3 is 0 Å². The van der Waals surface area contributed by atoms with Crippen LogP contribution < -0.4 is 4.90 Å². The Balaban J connectivity index is 2.91. The van der Waals surface area contributed by atoms with Crippen LogP contribution in [0.15, 0.2) is 0 Å². The molecule has 0 radical (unpaired) electrons. The number of hydrogen-bond donors (Lipinski definition) is 1. The fraction of sp³-hybridized carbons (Fsp3) is 0.727. The minimum atomic E-state index is -2.38. The quantitative estimate of drug-likeness (QED) is 0.858. The monoisotopic (exact) mass is 264 g/mol. The number of aliphatic hydroxyl groups excluding tert-OH is 1. The van der Waals surface area contributed by atoms with Crippen LogP contribution >= 0.6 is 11.3 Å². The number of rotatable bonds is 6. The van der Waals surface area contributed by atoms with Crippen molar-refractivity contribution in [1.82, 2.24) is 4.98 Å². The second-order valence-electron chi connectivity index (χ2n) is 4.04. The first-order chi connectivity index (χ1) is 7.99. The normalized spacial score (nSPS) is 13.1. The van der Waals surface area contributed by atoms with Gasteiger partial charge in [-0.05, 0) is 12.3 Å². The van der Waals surface area contributed by atoms with Crippen molar-refractivity contribution in [3.63, 3.8) is 0 Å². The SMILES string of the molecule is CCC(C)c1nc(N(C)CC(F)F)sc1CO. The van der Waals surface area contributed by atoms with Gasteiger partial charge in [0.25, 0.3) is 6.43 Å². The molecule has 0 aliphatic heterocycles. The summed E-state index contributed by atoms with van der Waals surface area (Å²) in [5.41, 5.74) is 0.830. The fourth-order valence-corrected chi connectivity index (χ4v) is 2.50. The molecule has 0 amide bonds. The van der Waals surface area contributed by atoms with Crippen LogP contribution in [0.2, 0.25) is 0 Å². The average molecular weight is 264 g/mol. The van der Waals surface area contributed by atoms with E-state index < -0.39 is 6.43 Å². The first kappa shape index (κ1) is 14.3. The lowest BCUT2D eigenvalue weighted by atomic mass is 10.0. The lowest BCUT2D eigenvalue weighted by Crippen LogP contribution is -2.23. The standard InChI is InChI=1S/C11H18F2N2OS/c1-4-7(2)10-8(6-16)17-11(14-10)15(3)5-9(12)13/h7,9,16H,4-6H2,1-3H3. The molecule has 0 saturated heterocycles. The van der Waals surface area contributed by atoms with E-state index in [1.165, 1.54) is 16.2 Å². The molecule has 0 bridgehead atoms. The smallest absolute Gasteiger partial charge is 0.255 e. The highest BCUT2D eigenvalue weighted by atomic mass is 32.1. The average Bonchev–Trinajstić information content (AvgIpc) is 2.71. The summed E-state index contributed by atoms with van der Waals surface area (Å²) in [6.07, 6.45) is -1.47. The van der Waals surface area contributed by atoms with E-state index in [4.69, 9.17) is 0 Å². The van der Waals surface area contributed by atoms with Crippen molar-refractivity contribution in [2.75, 3.05) is 18.5 Å². The van der Waals surface area contributed by atoms with Gasteiger partial charge in [0.2, 0.25) is 0 Å². The molecule has 1 atom stereocenters. The van der Waals surface area contributed by atoms with Crippen LogP contribution in [0.25, 0.3) is 0 Å². The van der Waals surface area contributed by atoms with Crippen LogP contribution in [0.5, 0.6) is 0 Å². The Labute approximate surface area is 104 Å². The number of hydrogen-bond acceptors (Lipinski definition) is 4. The highest BCUT2D eigenvalue weighted by molar-refractivity contribution is 7.15. The number of anilines is 1. The summed E-state index contributed by atoms with van der Waals surface area (Å²) in [5.74, 6) is 0.238. The third-order valence-electron chi connectivity index (χ3n) is 2.68. The van der Waals surface area contributed by atoms with Crippen LogP contribution in [0.3, 0.4) is 0 Å². The number of halogens is 2. The van der Waals surface area contributed by atoms with Crippen LogP contribution in [-0.4, -0.2) is 30.1 Å². The van der Waals surface area contributed by atoms with Gasteiger partial charge in [-0.25, -0.2) is 13.8 Å². The van der Waals surface area contributed by atoms with Gasteiger partial charge < -0.3 is 10.0 Å². The molecule has 0 aliphatic carbocycles. The first-order valence-corrected chi connectivity index (χ1v) is 6.40. The molecule has 1 N–H and O–H groups in total. The Bertz CT molecular complexity index is 357. The third kappa shape index (κ3) is 3.61. The Morgan fingerprint density at radius 1 is 1.47 bits per heavy atom. The molecule has 3 nitrogen and oxygen atoms in total. The summed E-state index contributed by atoms with van der Waals surface area (Å²) < 4.78 is 24.5. The largest absolute Gasteiger partial charge is 0.391 e. The van der Waals surface area contributed by atoms with Crippen molar-refractivity contribution in [2.24, 2.45) is 0 Å². The maximum Gasteiger partial charge on any atom is 0.255 e. The van der Waals surface area contributed by atoms with Crippen molar-refractivity contribution in [1.29, 1.82) is 0 Å². The van der Waals surface area contributed by atoms with Crippen molar-refractivity contribution in [3.05, 3.63) is 10.6 Å². The van der Waals surface area contributed by atoms with Crippen molar-refractivity contribution >= 4 is 16.5 Å². The molecular formula is C11H18F2N2OS. The zero-order chi connectivity index (χ0) is 13.0. The lowest BCUT2D eigenvalue weighted by molar-refractivity contribution is 0.156. The van der Waals surface area contributed by atoms with Gasteiger partial charge in [-0.3, -0.25) is 0 Å². The summed E-state index contributed by atoms with van der Waals surface area (Å²) in [7, 11) is 1.59. The molecule has 98 valence electrons. The maximum atomic E-state index is 12.3. The summed E-state index contributed by atoms with van der Waals surface area (Å²) in [4.78, 5) is 6.56. The van der Waals surface area contributed by atoms with Gasteiger partial charge in [0.1, 0.15) is 0 Å². The Hall–Kier alpha value is -0.750. The van der Waals surface area contributed by atoms with Gasteiger partial charge in [-0.15, -0.1) is 0 Å². The Morgan fingerprint density at radius 2 is 2.12 bits per heavy atom. The number of aromatic nitrogens is 1. The van der Waals surface area contributed by atoms with Crippen molar-refractivity contribution in [2.45, 2.75) is 39.2 Å². The summed E-state index contributed by atoms with van der Waals surface area (Å²) in [6, 6.07) is 0. The molecule has 17 heavy (non-hydrogen) atoms. The van der Waals surface area contributed by atoms with Gasteiger partial charge in [0.15, 0.2) is 5.13 Å². The second-order valence-corrected chi connectivity index (χ2v) is 5.11. The predicted octanol–water partition coefficient (Wildman–Crippen LogP) is 2.85. The van der Waals surface area contributed by atoms with E-state index >= 15 is 0 Å². The summed E-state index contributed by atoms with van der Waals surface area (Å²) in [6.45, 7) is 3.64. The lowest BCUT2D eigenvalue weighted by Gasteiger charge is -2.14. The fourth-order valence-electron chi connectivity index (χ4n) is 1.49. The van der Waals surface area contributed by atoms with E-state index in [-0.39, 0.29) is 19.1 Å². The molecular weight excluding hydrogens is 246 g/mol. The summed E-state index contributed by atoms with van der Waals surface area (Å²) in [5, 5.41) is 9.79. The first-order valence-electron chi connectivity index (χ1n) is 5.59. The Morgan fingerprint density at radius 3 is 2.59 bits per heavy atom. The predicted molar refractivity (Wildman–Crippen MR) is 66.0 cm³/mol. The van der Waals surface area contributed by atoms with Crippen molar-refractivity contribution < 1.29 is 13.9 Å². The zero-order valence-corrected chi connectivity index (χ0v) is 11.1. The topological polar surface area (TPSA) is 36.4 Å². The molecule has 0 aliphatic rings. The third-order valence-corrected chi connectivity index (χ3v) is 3.85. The second kappa shape index (κ2) is 6.26. The molecule has 6 heteroatoms. The molecule has 0 fully saturated rings. The number of nitrogens with zero attached hydrogens (tertiary/aromatic N) is 2. The van der Waals surface area contributed by atoms with Gasteiger partial charge in [0, 0.05) is 7.05 Å². The van der Waals surface area contributed by atoms with Crippen LogP contribution in [-0.2, 0) is 6.61 Å². The molecule has 0 aromatic carbocycles. The highest BCUT2D eigenvalue weighted by Crippen LogP contribution is 2.31. The minimum Gasteiger partial charge on any atom is -0.391 e. The van der Waals surface area contributed by atoms with Crippen molar-refractivity contribution in [3.8, 4) is 0 Å². The van der Waals surface area contributed by atoms with Gasteiger partial charge in [0.05, 0.1) is 23.7 Å². The van der Waals surface area contributed by atoms with E-state index in [9.17, 15) is 13.9 Å². The highest BCUT2D eigenvalue weighted by Gasteiger charge is 2.18. The van der Waals surface area contributed by atoms with Gasteiger partial charge in [-0.2, -0.15) is 0 Å². The zero-order valence-electron chi connectivity index (χ0n) is 10.3. The number of thiazole rings is 1. The van der Waals surface area contributed by atoms with Crippen LogP contribution in [0.1, 0.15) is 36.8 Å². The minimum absolute atomic E-state index is 0.0835. The number of alkyl halides is 2. The van der Waals surface area contributed by atoms with E-state index in [0.29, 0.717) is 5.13 Å². The molecule has 1 aromatic heterocycles. The van der Waals surface area contributed by atoms with E-state index in [0.717, 1.165) is 17.0 Å². The summed E-state index contributed by atoms with van der Waals surface area (Å²) >= 11 is 1.28. The van der Waals surface area contributed by atoms with E-state index in [2.05, 4.69) is 4.98 Å². The van der Waals surface area contributed by atoms with Crippen LogP contribution in [0, 0.1) is 0 Å². The van der Waals surface area contributed by atoms with E-state index in [1.807, 2.05) is 13.8 Å². The molecule has 1 rings (SSSR count). The molecule has 1 heterocycles. The van der Waals surface area contributed by atoms with Crippen LogP contribution in [0.4, 0.5) is 13.9 Å². The molecule has 0 spiro atoms. The number of aliphatic hydroxyl groups is 1. The molecule has 0 saturated carbocycles. The van der Waals surface area contributed by atoms with E-state index in [1.54, 1.807) is 7.05 Å². The van der Waals surface area contributed by atoms with Gasteiger partial charge in [-0.1, -0.05) is 25.2 Å². The molecule has 1 unspecified atom stereocenters. The Kier molecular flexibility index (Phi) is 5.27. The molecule has 1 aromatic rings. The maximum absolute atomic E-state index is 12.3.